The van der Waals surface area contributed by atoms with E-state index in [1.165, 1.54) is 0 Å². The van der Waals surface area contributed by atoms with Crippen molar-refractivity contribution in [2.24, 2.45) is 0 Å². The van der Waals surface area contributed by atoms with Gasteiger partial charge in [0.25, 0.3) is 0 Å². The molecule has 0 amide bonds. The molecule has 0 aromatic heterocycles. The maximum Gasteiger partial charge on any atom is 0.0829 e. The van der Waals surface area contributed by atoms with E-state index in [9.17, 15) is 0 Å². The average molecular weight is 357 g/mol. The minimum Gasteiger partial charge on any atom is -0.383 e. The molecule has 2 aliphatic rings. The molecule has 5 nitrogen and oxygen atoms in total. The van der Waals surface area contributed by atoms with Crippen molar-refractivity contribution in [3.63, 3.8) is 0 Å². The first-order chi connectivity index (χ1) is 11.6. The summed E-state index contributed by atoms with van der Waals surface area (Å²) in [5.74, 6) is 0. The van der Waals surface area contributed by atoms with Crippen molar-refractivity contribution in [1.29, 1.82) is 0 Å². The summed E-state index contributed by atoms with van der Waals surface area (Å²) in [6.07, 6.45) is 2.92. The molecule has 0 spiro atoms. The van der Waals surface area contributed by atoms with Crippen LogP contribution in [0.5, 0.6) is 0 Å². The normalized spacial score (nSPS) is 29.0. The summed E-state index contributed by atoms with van der Waals surface area (Å²) in [5, 5.41) is 0. The lowest BCUT2D eigenvalue weighted by molar-refractivity contribution is -0.131. The molecule has 2 fully saturated rings. The van der Waals surface area contributed by atoms with Gasteiger partial charge in [0, 0.05) is 44.9 Å². The maximum atomic E-state index is 6.11. The lowest BCUT2D eigenvalue weighted by Gasteiger charge is -2.47. The van der Waals surface area contributed by atoms with Gasteiger partial charge in [-0.3, -0.25) is 9.80 Å². The van der Waals surface area contributed by atoms with Crippen LogP contribution in [0.3, 0.4) is 0 Å². The fraction of sp³-hybridized carbons (Fsp3) is 1.00. The largest absolute Gasteiger partial charge is 0.383 e. The number of hydrogen-bond donors (Lipinski definition) is 0. The van der Waals surface area contributed by atoms with E-state index >= 15 is 0 Å². The summed E-state index contributed by atoms with van der Waals surface area (Å²) < 4.78 is 17.5. The molecule has 0 radical (unpaired) electrons. The van der Waals surface area contributed by atoms with Crippen molar-refractivity contribution >= 4 is 0 Å². The van der Waals surface area contributed by atoms with Gasteiger partial charge in [-0.1, -0.05) is 0 Å². The average Bonchev–Trinajstić information content (AvgIpc) is 2.45. The van der Waals surface area contributed by atoms with Crippen molar-refractivity contribution in [1.82, 2.24) is 9.80 Å². The van der Waals surface area contributed by atoms with E-state index in [-0.39, 0.29) is 17.2 Å². The number of morpholine rings is 1. The molecular formula is C20H40N2O3. The predicted molar refractivity (Wildman–Crippen MR) is 102 cm³/mol. The smallest absolute Gasteiger partial charge is 0.0829 e. The van der Waals surface area contributed by atoms with Crippen LogP contribution in [0.2, 0.25) is 0 Å². The Hall–Kier alpha value is -0.200. The lowest BCUT2D eigenvalue weighted by atomic mass is 9.87. The second-order valence-corrected chi connectivity index (χ2v) is 9.57. The third-order valence-electron chi connectivity index (χ3n) is 5.21. The Balaban J connectivity index is 1.86. The summed E-state index contributed by atoms with van der Waals surface area (Å²) in [4.78, 5) is 5.10. The topological polar surface area (TPSA) is 34.2 Å². The highest BCUT2D eigenvalue weighted by Gasteiger charge is 2.38. The molecule has 148 valence electrons. The Bertz CT molecular complexity index is 397. The first kappa shape index (κ1) is 21.1. The van der Waals surface area contributed by atoms with Gasteiger partial charge >= 0.3 is 0 Å². The van der Waals surface area contributed by atoms with Crippen molar-refractivity contribution in [2.45, 2.75) is 83.8 Å². The fourth-order valence-corrected chi connectivity index (χ4v) is 3.76. The van der Waals surface area contributed by atoms with Crippen molar-refractivity contribution < 1.29 is 14.2 Å². The standard InChI is InChI=1S/C20H40N2O3/c1-19(2,3)22-9-11-24-18(15-22)14-21(8-10-23-7)16-12-17(13-16)25-20(4,5)6/h16-18H,8-15H2,1-7H3/t16-,17-,18-/m0/s1. The number of hydrogen-bond acceptors (Lipinski definition) is 5. The van der Waals surface area contributed by atoms with Gasteiger partial charge in [0.1, 0.15) is 0 Å². The molecule has 1 aliphatic heterocycles. The Morgan fingerprint density at radius 2 is 1.80 bits per heavy atom. The number of rotatable bonds is 7. The second-order valence-electron chi connectivity index (χ2n) is 9.57. The van der Waals surface area contributed by atoms with Gasteiger partial charge in [-0.2, -0.15) is 0 Å². The molecule has 2 rings (SSSR count). The molecular weight excluding hydrogens is 316 g/mol. The van der Waals surface area contributed by atoms with E-state index in [0.29, 0.717) is 12.1 Å². The minimum absolute atomic E-state index is 0.0489. The van der Waals surface area contributed by atoms with E-state index in [2.05, 4.69) is 51.3 Å². The van der Waals surface area contributed by atoms with Gasteiger partial charge in [-0.25, -0.2) is 0 Å². The molecule has 1 heterocycles. The molecule has 0 aromatic rings. The Morgan fingerprint density at radius 1 is 1.12 bits per heavy atom. The lowest BCUT2D eigenvalue weighted by Crippen LogP contribution is -2.57. The predicted octanol–water partition coefficient (Wildman–Crippen LogP) is 2.78. The zero-order valence-electron chi connectivity index (χ0n) is 17.5. The summed E-state index contributed by atoms with van der Waals surface area (Å²) in [6, 6.07) is 0.594. The van der Waals surface area contributed by atoms with Crippen molar-refractivity contribution in [3.05, 3.63) is 0 Å². The summed E-state index contributed by atoms with van der Waals surface area (Å²) in [6.45, 7) is 18.9. The van der Waals surface area contributed by atoms with E-state index in [1.54, 1.807) is 7.11 Å². The molecule has 0 bridgehead atoms. The maximum absolute atomic E-state index is 6.11. The SMILES string of the molecule is COCCN(C[C@H]1CN(C(C)(C)C)CCO1)[C@H]1C[C@H](OC(C)(C)C)C1. The van der Waals surface area contributed by atoms with E-state index in [1.807, 2.05) is 0 Å². The monoisotopic (exact) mass is 356 g/mol. The van der Waals surface area contributed by atoms with Crippen LogP contribution in [0, 0.1) is 0 Å². The van der Waals surface area contributed by atoms with Crippen LogP contribution in [-0.2, 0) is 14.2 Å². The Morgan fingerprint density at radius 3 is 2.36 bits per heavy atom. The van der Waals surface area contributed by atoms with Crippen LogP contribution in [-0.4, -0.2) is 85.7 Å². The molecule has 1 saturated heterocycles. The third-order valence-corrected chi connectivity index (χ3v) is 5.21. The second kappa shape index (κ2) is 8.66. The van der Waals surface area contributed by atoms with E-state index < -0.39 is 0 Å². The molecule has 0 N–H and O–H groups in total. The number of nitrogens with zero attached hydrogens (tertiary/aromatic N) is 2. The van der Waals surface area contributed by atoms with Gasteiger partial charge in [-0.15, -0.1) is 0 Å². The van der Waals surface area contributed by atoms with Crippen LogP contribution in [0.25, 0.3) is 0 Å². The van der Waals surface area contributed by atoms with Crippen LogP contribution in [0.1, 0.15) is 54.4 Å². The molecule has 25 heavy (non-hydrogen) atoms. The van der Waals surface area contributed by atoms with Crippen LogP contribution < -0.4 is 0 Å². The highest BCUT2D eigenvalue weighted by molar-refractivity contribution is 4.92. The van der Waals surface area contributed by atoms with Crippen LogP contribution in [0.15, 0.2) is 0 Å². The van der Waals surface area contributed by atoms with Crippen LogP contribution in [0.4, 0.5) is 0 Å². The van der Waals surface area contributed by atoms with Crippen molar-refractivity contribution in [3.8, 4) is 0 Å². The quantitative estimate of drug-likeness (QED) is 0.701. The fourth-order valence-electron chi connectivity index (χ4n) is 3.76. The molecule has 0 unspecified atom stereocenters. The van der Waals surface area contributed by atoms with Gasteiger partial charge in [0.2, 0.25) is 0 Å². The van der Waals surface area contributed by atoms with Crippen molar-refractivity contribution in [2.75, 3.05) is 46.5 Å². The van der Waals surface area contributed by atoms with Gasteiger partial charge in [0.15, 0.2) is 0 Å². The number of ether oxygens (including phenoxy) is 3. The summed E-state index contributed by atoms with van der Waals surface area (Å²) >= 11 is 0. The molecule has 0 aromatic carbocycles. The van der Waals surface area contributed by atoms with Gasteiger partial charge < -0.3 is 14.2 Å². The number of methoxy groups -OCH3 is 1. The molecule has 1 atom stereocenters. The molecule has 1 aliphatic carbocycles. The summed E-state index contributed by atoms with van der Waals surface area (Å²) in [7, 11) is 1.78. The summed E-state index contributed by atoms with van der Waals surface area (Å²) in [5.41, 5.74) is 0.161. The molecule has 5 heteroatoms. The zero-order valence-corrected chi connectivity index (χ0v) is 17.5. The highest BCUT2D eigenvalue weighted by Crippen LogP contribution is 2.32. The minimum atomic E-state index is -0.0489. The van der Waals surface area contributed by atoms with Crippen LogP contribution >= 0.6 is 0 Å². The van der Waals surface area contributed by atoms with E-state index in [4.69, 9.17) is 14.2 Å². The highest BCUT2D eigenvalue weighted by atomic mass is 16.5. The zero-order chi connectivity index (χ0) is 18.7. The van der Waals surface area contributed by atoms with Gasteiger partial charge in [-0.05, 0) is 54.4 Å². The first-order valence-corrected chi connectivity index (χ1v) is 9.86. The molecule has 1 saturated carbocycles. The van der Waals surface area contributed by atoms with E-state index in [0.717, 1.165) is 52.2 Å². The first-order valence-electron chi connectivity index (χ1n) is 9.86. The van der Waals surface area contributed by atoms with Gasteiger partial charge in [0.05, 0.1) is 31.0 Å². The Labute approximate surface area is 155 Å². The Kier molecular flexibility index (Phi) is 7.31. The third kappa shape index (κ3) is 6.79.